The molecule has 22 heavy (non-hydrogen) atoms. The molecule has 1 nitrogen and oxygen atoms in total. The predicted octanol–water partition coefficient (Wildman–Crippen LogP) is 5.44. The van der Waals surface area contributed by atoms with Gasteiger partial charge in [-0.15, -0.1) is 0 Å². The van der Waals surface area contributed by atoms with Gasteiger partial charge in [-0.1, -0.05) is 96.0 Å². The van der Waals surface area contributed by atoms with Crippen molar-refractivity contribution in [2.75, 3.05) is 0 Å². The van der Waals surface area contributed by atoms with Crippen LogP contribution in [-0.2, 0) is 5.06 Å². The lowest BCUT2D eigenvalue weighted by Crippen LogP contribution is -2.19. The molecule has 3 aromatic rings. The number of hydrogen-bond acceptors (Lipinski definition) is 1. The first kappa shape index (κ1) is 15.1. The normalized spacial score (nSPS) is 13.6. The fraction of sp³-hybridized carbons (Fsp3) is 0.0526. The molecule has 0 aliphatic heterocycles. The fourth-order valence-corrected chi connectivity index (χ4v) is 2.89. The first-order valence-corrected chi connectivity index (χ1v) is 7.67. The van der Waals surface area contributed by atoms with Crippen molar-refractivity contribution < 1.29 is 5.11 Å². The molecule has 3 rings (SSSR count). The number of hydrogen-bond donors (Lipinski definition) is 1. The molecule has 0 amide bonds. The Morgan fingerprint density at radius 2 is 1.23 bits per heavy atom. The second-order valence-corrected chi connectivity index (χ2v) is 6.00. The minimum Gasteiger partial charge on any atom is -0.367 e. The van der Waals surface area contributed by atoms with Gasteiger partial charge in [-0.2, -0.15) is 0 Å². The van der Waals surface area contributed by atoms with Gasteiger partial charge in [-0.05, 0) is 11.6 Å². The molecule has 3 heteroatoms. The van der Waals surface area contributed by atoms with Crippen LogP contribution in [0.4, 0.5) is 0 Å². The van der Waals surface area contributed by atoms with Crippen molar-refractivity contribution >= 4 is 23.2 Å². The van der Waals surface area contributed by atoms with Gasteiger partial charge in [-0.3, -0.25) is 0 Å². The molecule has 0 aliphatic carbocycles. The summed E-state index contributed by atoms with van der Waals surface area (Å²) in [6.07, 6.45) is 0. The van der Waals surface area contributed by atoms with E-state index in [9.17, 15) is 5.11 Å². The Kier molecular flexibility index (Phi) is 4.21. The number of halogens is 2. The maximum absolute atomic E-state index is 10.6. The lowest BCUT2D eigenvalue weighted by Gasteiger charge is -2.22. The molecule has 1 unspecified atom stereocenters. The van der Waals surface area contributed by atoms with E-state index in [1.165, 1.54) is 0 Å². The minimum atomic E-state index is -1.54. The summed E-state index contributed by atoms with van der Waals surface area (Å²) in [5.41, 5.74) is 3.20. The second kappa shape index (κ2) is 6.13. The maximum Gasteiger partial charge on any atom is 0.190 e. The summed E-state index contributed by atoms with van der Waals surface area (Å²) in [5.74, 6) is 0. The highest BCUT2D eigenvalue weighted by Gasteiger charge is 2.28. The zero-order valence-corrected chi connectivity index (χ0v) is 13.2. The largest absolute Gasteiger partial charge is 0.367 e. The highest BCUT2D eigenvalue weighted by molar-refractivity contribution is 6.33. The van der Waals surface area contributed by atoms with Crippen molar-refractivity contribution in [3.63, 3.8) is 0 Å². The molecular weight excluding hydrogens is 315 g/mol. The summed E-state index contributed by atoms with van der Waals surface area (Å²) in [7, 11) is 0. The quantitative estimate of drug-likeness (QED) is 0.635. The first-order chi connectivity index (χ1) is 10.6. The Hall–Kier alpha value is -1.80. The average Bonchev–Trinajstić information content (AvgIpc) is 2.56. The summed E-state index contributed by atoms with van der Waals surface area (Å²) in [5, 5.41) is 9.77. The monoisotopic (exact) mass is 328 g/mol. The topological polar surface area (TPSA) is 20.2 Å². The van der Waals surface area contributed by atoms with Crippen LogP contribution >= 0.6 is 23.2 Å². The number of rotatable bonds is 3. The Morgan fingerprint density at radius 3 is 1.86 bits per heavy atom. The van der Waals surface area contributed by atoms with Gasteiger partial charge in [0.15, 0.2) is 5.06 Å². The summed E-state index contributed by atoms with van der Waals surface area (Å²) in [6, 6.07) is 24.3. The van der Waals surface area contributed by atoms with Crippen molar-refractivity contribution in [2.45, 2.75) is 5.06 Å². The summed E-state index contributed by atoms with van der Waals surface area (Å²) >= 11 is 12.6. The Bertz CT molecular complexity index is 765. The summed E-state index contributed by atoms with van der Waals surface area (Å²) < 4.78 is 0. The molecule has 0 aromatic heterocycles. The van der Waals surface area contributed by atoms with Crippen LogP contribution in [0.2, 0.25) is 5.02 Å². The van der Waals surface area contributed by atoms with E-state index < -0.39 is 5.06 Å². The molecule has 0 radical (unpaired) electrons. The van der Waals surface area contributed by atoms with Crippen molar-refractivity contribution in [1.82, 2.24) is 0 Å². The summed E-state index contributed by atoms with van der Waals surface area (Å²) in [6.45, 7) is 0. The third kappa shape index (κ3) is 2.89. The molecule has 0 spiro atoms. The number of benzene rings is 3. The third-order valence-corrected chi connectivity index (χ3v) is 4.37. The zero-order chi connectivity index (χ0) is 15.6. The highest BCUT2D eigenvalue weighted by atomic mass is 35.5. The molecule has 0 bridgehead atoms. The van der Waals surface area contributed by atoms with Crippen LogP contribution in [0.5, 0.6) is 0 Å². The van der Waals surface area contributed by atoms with E-state index in [0.717, 1.165) is 11.1 Å². The van der Waals surface area contributed by atoms with Crippen LogP contribution in [0, 0.1) is 0 Å². The van der Waals surface area contributed by atoms with E-state index in [1.54, 1.807) is 12.1 Å². The van der Waals surface area contributed by atoms with Gasteiger partial charge in [0, 0.05) is 21.7 Å². The minimum absolute atomic E-state index is 0.621. The molecule has 1 N–H and O–H groups in total. The smallest absolute Gasteiger partial charge is 0.190 e. The molecule has 1 atom stereocenters. The number of alkyl halides is 1. The molecule has 0 saturated heterocycles. The predicted molar refractivity (Wildman–Crippen MR) is 92.2 cm³/mol. The van der Waals surface area contributed by atoms with Gasteiger partial charge in [0.1, 0.15) is 0 Å². The van der Waals surface area contributed by atoms with E-state index in [4.69, 9.17) is 23.2 Å². The van der Waals surface area contributed by atoms with Crippen LogP contribution < -0.4 is 0 Å². The van der Waals surface area contributed by atoms with Crippen molar-refractivity contribution in [1.29, 1.82) is 0 Å². The van der Waals surface area contributed by atoms with Gasteiger partial charge in [0.25, 0.3) is 0 Å². The fourth-order valence-electron chi connectivity index (χ4n) is 2.39. The summed E-state index contributed by atoms with van der Waals surface area (Å²) in [4.78, 5) is 0. The van der Waals surface area contributed by atoms with Crippen molar-refractivity contribution in [3.8, 4) is 11.1 Å². The van der Waals surface area contributed by atoms with Crippen molar-refractivity contribution in [3.05, 3.63) is 95.0 Å². The Morgan fingerprint density at radius 1 is 0.682 bits per heavy atom. The van der Waals surface area contributed by atoms with Crippen LogP contribution in [-0.4, -0.2) is 5.11 Å². The molecule has 0 saturated carbocycles. The lowest BCUT2D eigenvalue weighted by atomic mass is 9.97. The maximum atomic E-state index is 10.6. The van der Waals surface area contributed by atoms with E-state index >= 15 is 0 Å². The molecule has 0 aliphatic rings. The molecule has 0 heterocycles. The first-order valence-electron chi connectivity index (χ1n) is 6.91. The van der Waals surface area contributed by atoms with E-state index in [-0.39, 0.29) is 0 Å². The van der Waals surface area contributed by atoms with E-state index in [0.29, 0.717) is 16.1 Å². The highest BCUT2D eigenvalue weighted by Crippen LogP contribution is 2.35. The van der Waals surface area contributed by atoms with Crippen molar-refractivity contribution in [2.24, 2.45) is 0 Å². The second-order valence-electron chi connectivity index (χ2n) is 5.05. The average molecular weight is 329 g/mol. The molecular formula is C19H14Cl2O. The van der Waals surface area contributed by atoms with E-state index in [1.807, 2.05) is 66.7 Å². The molecule has 3 aromatic carbocycles. The van der Waals surface area contributed by atoms with Gasteiger partial charge >= 0.3 is 0 Å². The van der Waals surface area contributed by atoms with Crippen LogP contribution in [0.15, 0.2) is 78.9 Å². The SMILES string of the molecule is OC(Cl)(c1ccccc1)c1ccc(-c2ccccc2Cl)cc1. The Balaban J connectivity index is 1.97. The van der Waals surface area contributed by atoms with Crippen LogP contribution in [0.1, 0.15) is 11.1 Å². The number of aliphatic hydroxyl groups is 1. The van der Waals surface area contributed by atoms with Gasteiger partial charge in [0.2, 0.25) is 0 Å². The van der Waals surface area contributed by atoms with Crippen LogP contribution in [0.3, 0.4) is 0 Å². The van der Waals surface area contributed by atoms with Gasteiger partial charge < -0.3 is 5.11 Å². The standard InChI is InChI=1S/C19H14Cl2O/c20-18-9-5-4-8-17(18)14-10-12-16(13-11-14)19(21,22)15-6-2-1-3-7-15/h1-13,22H. The van der Waals surface area contributed by atoms with Gasteiger partial charge in [-0.25, -0.2) is 0 Å². The third-order valence-electron chi connectivity index (χ3n) is 3.61. The lowest BCUT2D eigenvalue weighted by molar-refractivity contribution is 0.173. The Labute approximate surface area is 139 Å². The molecule has 110 valence electrons. The zero-order valence-electron chi connectivity index (χ0n) is 11.7. The van der Waals surface area contributed by atoms with Gasteiger partial charge in [0.05, 0.1) is 0 Å². The van der Waals surface area contributed by atoms with Crippen LogP contribution in [0.25, 0.3) is 11.1 Å². The van der Waals surface area contributed by atoms with E-state index in [2.05, 4.69) is 0 Å². The molecule has 0 fully saturated rings.